The third-order valence-corrected chi connectivity index (χ3v) is 11.1. The Hall–Kier alpha value is -3.57. The molecule has 12 heteroatoms. The number of nitrogens with one attached hydrogen (secondary N) is 1. The molecule has 0 radical (unpaired) electrons. The number of hydrogen-bond acceptors (Lipinski definition) is 8. The van der Waals surface area contributed by atoms with Gasteiger partial charge < -0.3 is 29.2 Å². The van der Waals surface area contributed by atoms with Crippen LogP contribution in [0.1, 0.15) is 96.6 Å². The predicted molar refractivity (Wildman–Crippen MR) is 169 cm³/mol. The maximum absolute atomic E-state index is 16.1. The lowest BCUT2D eigenvalue weighted by molar-refractivity contribution is -0.140. The van der Waals surface area contributed by atoms with Crippen LogP contribution in [-0.2, 0) is 20.2 Å². The molecule has 3 heterocycles. The molecule has 2 saturated carbocycles. The molecule has 3 fully saturated rings. The molecule has 10 nitrogen and oxygen atoms in total. The molecule has 2 bridgehead atoms. The second-order valence-corrected chi connectivity index (χ2v) is 14.2. The van der Waals surface area contributed by atoms with E-state index in [4.69, 9.17) is 14.2 Å². The van der Waals surface area contributed by atoms with Gasteiger partial charge in [-0.15, -0.1) is 0 Å². The van der Waals surface area contributed by atoms with E-state index in [1.165, 1.54) is 12.0 Å². The summed E-state index contributed by atoms with van der Waals surface area (Å²) in [5.74, 6) is -4.07. The van der Waals surface area contributed by atoms with Crippen LogP contribution in [0.4, 0.5) is 13.6 Å². The molecule has 6 rings (SSSR count). The van der Waals surface area contributed by atoms with E-state index >= 15 is 8.78 Å². The molecule has 1 aromatic heterocycles. The Morgan fingerprint density at radius 2 is 1.70 bits per heavy atom. The number of carbonyl (C=O) groups excluding carboxylic acids is 3. The molecular formula is C35H46F2N4O6. The fourth-order valence-corrected chi connectivity index (χ4v) is 8.17. The van der Waals surface area contributed by atoms with Crippen LogP contribution in [0, 0.1) is 17.3 Å². The summed E-state index contributed by atoms with van der Waals surface area (Å²) in [4.78, 5) is 50.8. The van der Waals surface area contributed by atoms with Gasteiger partial charge in [-0.05, 0) is 68.4 Å². The number of alkyl carbamates (subject to hydrolysis) is 1. The first-order chi connectivity index (χ1) is 22.5. The molecule has 1 N–H and O–H groups in total. The second kappa shape index (κ2) is 13.5. The fraction of sp³-hybridized carbons (Fsp3) is 0.686. The number of aromatic nitrogens is 2. The van der Waals surface area contributed by atoms with Crippen molar-refractivity contribution in [3.63, 3.8) is 0 Å². The smallest absolute Gasteiger partial charge is 0.408 e. The van der Waals surface area contributed by atoms with Gasteiger partial charge in [0.15, 0.2) is 5.69 Å². The monoisotopic (exact) mass is 656 g/mol. The zero-order valence-corrected chi connectivity index (χ0v) is 27.5. The van der Waals surface area contributed by atoms with Crippen molar-refractivity contribution in [2.75, 3.05) is 13.7 Å². The highest BCUT2D eigenvalue weighted by Crippen LogP contribution is 2.43. The quantitative estimate of drug-likeness (QED) is 0.381. The van der Waals surface area contributed by atoms with Crippen LogP contribution in [0.3, 0.4) is 0 Å². The number of fused-ring (bicyclic) bond motifs is 5. The number of methoxy groups -OCH3 is 1. The van der Waals surface area contributed by atoms with Gasteiger partial charge in [-0.2, -0.15) is 8.78 Å². The molecule has 2 amide bonds. The Morgan fingerprint density at radius 3 is 2.45 bits per heavy atom. The minimum absolute atomic E-state index is 0.0414. The van der Waals surface area contributed by atoms with Gasteiger partial charge in [-0.25, -0.2) is 14.8 Å². The summed E-state index contributed by atoms with van der Waals surface area (Å²) < 4.78 is 49.7. The summed E-state index contributed by atoms with van der Waals surface area (Å²) >= 11 is 0. The number of rotatable bonds is 3. The fourth-order valence-electron chi connectivity index (χ4n) is 8.17. The zero-order chi connectivity index (χ0) is 33.3. The van der Waals surface area contributed by atoms with Gasteiger partial charge in [0, 0.05) is 18.4 Å². The van der Waals surface area contributed by atoms with Gasteiger partial charge in [0.05, 0.1) is 30.7 Å². The summed E-state index contributed by atoms with van der Waals surface area (Å²) in [7, 11) is 1.50. The van der Waals surface area contributed by atoms with E-state index in [0.29, 0.717) is 36.8 Å². The van der Waals surface area contributed by atoms with Gasteiger partial charge in [-0.3, -0.25) is 4.79 Å². The zero-order valence-electron chi connectivity index (χ0n) is 27.5. The number of ether oxygens (including phenoxy) is 3. The number of carbonyl (C=O) groups is 3. The van der Waals surface area contributed by atoms with Crippen molar-refractivity contribution < 1.29 is 37.4 Å². The molecule has 4 aliphatic rings. The predicted octanol–water partition coefficient (Wildman–Crippen LogP) is 6.33. The van der Waals surface area contributed by atoms with Gasteiger partial charge in [0.1, 0.15) is 30.3 Å². The Morgan fingerprint density at radius 1 is 0.957 bits per heavy atom. The van der Waals surface area contributed by atoms with E-state index in [1.54, 1.807) is 25.1 Å². The lowest BCUT2D eigenvalue weighted by Gasteiger charge is -2.42. The molecule has 6 atom stereocenters. The average molecular weight is 657 g/mol. The first kappa shape index (κ1) is 33.3. The lowest BCUT2D eigenvalue weighted by Crippen LogP contribution is -2.58. The van der Waals surface area contributed by atoms with Crippen LogP contribution < -0.4 is 14.8 Å². The molecule has 2 aromatic rings. The summed E-state index contributed by atoms with van der Waals surface area (Å²) in [6, 6.07) is 3.03. The molecular weight excluding hydrogens is 610 g/mol. The highest BCUT2D eigenvalue weighted by atomic mass is 19.3. The number of aldehydes is 1. The molecule has 2 aliphatic carbocycles. The number of hydrogen-bond donors (Lipinski definition) is 1. The SMILES string of the molecule is COc1ccc2nc3c(nc2c1)O[C@H]1CN(C(=O)[C@H](C2(C)CCCCC2)NC(=O)O[C@@H]2CCC[C@H]2CCCCC3(F)F)[C@H](C=O)[C@@H]1C. The Kier molecular flexibility index (Phi) is 9.58. The first-order valence-corrected chi connectivity index (χ1v) is 17.2. The van der Waals surface area contributed by atoms with Gasteiger partial charge in [-0.1, -0.05) is 39.5 Å². The van der Waals surface area contributed by atoms with Crippen LogP contribution in [0.25, 0.3) is 11.0 Å². The average Bonchev–Trinajstić information content (AvgIpc) is 3.63. The van der Waals surface area contributed by atoms with Gasteiger partial charge >= 0.3 is 6.09 Å². The maximum Gasteiger partial charge on any atom is 0.408 e. The second-order valence-electron chi connectivity index (χ2n) is 14.2. The van der Waals surface area contributed by atoms with Gasteiger partial charge in [0.2, 0.25) is 11.8 Å². The van der Waals surface area contributed by atoms with Crippen molar-refractivity contribution in [2.45, 2.75) is 121 Å². The van der Waals surface area contributed by atoms with Crippen LogP contribution in [0.15, 0.2) is 18.2 Å². The highest BCUT2D eigenvalue weighted by molar-refractivity contribution is 5.89. The van der Waals surface area contributed by atoms with Crippen LogP contribution in [0.2, 0.25) is 0 Å². The molecule has 2 aliphatic heterocycles. The molecule has 0 spiro atoms. The van der Waals surface area contributed by atoms with Crippen molar-refractivity contribution in [3.05, 3.63) is 23.9 Å². The van der Waals surface area contributed by atoms with Crippen molar-refractivity contribution in [3.8, 4) is 11.6 Å². The Bertz CT molecular complexity index is 1480. The van der Waals surface area contributed by atoms with Crippen molar-refractivity contribution in [2.24, 2.45) is 17.3 Å². The summed E-state index contributed by atoms with van der Waals surface area (Å²) in [5.41, 5.74) is -0.496. The summed E-state index contributed by atoms with van der Waals surface area (Å²) in [6.07, 6.45) is 6.62. The minimum atomic E-state index is -3.35. The third kappa shape index (κ3) is 6.74. The molecule has 1 saturated heterocycles. The largest absolute Gasteiger partial charge is 0.497 e. The van der Waals surface area contributed by atoms with Crippen molar-refractivity contribution in [1.29, 1.82) is 0 Å². The molecule has 47 heavy (non-hydrogen) atoms. The van der Waals surface area contributed by atoms with E-state index < -0.39 is 59.6 Å². The maximum atomic E-state index is 16.1. The van der Waals surface area contributed by atoms with Crippen molar-refractivity contribution in [1.82, 2.24) is 20.2 Å². The third-order valence-electron chi connectivity index (χ3n) is 11.1. The van der Waals surface area contributed by atoms with Crippen LogP contribution >= 0.6 is 0 Å². The standard InChI is InChI=1S/C35H46F2N4O6/c1-21-26(20-42)41-19-28(21)46-31-29(38-24-14-13-23(45-3)18-25(24)39-31)35(36,37)17-8-5-10-22-11-9-12-27(22)47-33(44)40-30(32(41)43)34(2)15-6-4-7-16-34/h13-14,18,20-22,26-28,30H,4-12,15-17,19H2,1-3H3,(H,40,44)/t21-,22+,26+,27+,28-,30+/m0/s1. The van der Waals surface area contributed by atoms with E-state index in [2.05, 4.69) is 15.3 Å². The minimum Gasteiger partial charge on any atom is -0.497 e. The molecule has 1 aromatic carbocycles. The van der Waals surface area contributed by atoms with Crippen molar-refractivity contribution >= 4 is 29.3 Å². The van der Waals surface area contributed by atoms with Crippen LogP contribution in [0.5, 0.6) is 11.6 Å². The van der Waals surface area contributed by atoms with E-state index in [-0.39, 0.29) is 36.4 Å². The molecule has 256 valence electrons. The number of nitrogens with zero attached hydrogens (tertiary/aromatic N) is 3. The summed E-state index contributed by atoms with van der Waals surface area (Å²) in [5, 5.41) is 2.95. The number of amides is 2. The topological polar surface area (TPSA) is 120 Å². The van der Waals surface area contributed by atoms with Gasteiger partial charge in [0.25, 0.3) is 5.92 Å². The van der Waals surface area contributed by atoms with Crippen LogP contribution in [-0.4, -0.2) is 71.1 Å². The number of alkyl halides is 2. The normalized spacial score (nSPS) is 31.4. The lowest BCUT2D eigenvalue weighted by atomic mass is 9.70. The summed E-state index contributed by atoms with van der Waals surface area (Å²) in [6.45, 7) is 3.73. The van der Waals surface area contributed by atoms with E-state index in [1.807, 2.05) is 6.92 Å². The Balaban J connectivity index is 1.40. The molecule has 0 unspecified atom stereocenters. The Labute approximate surface area is 274 Å². The van der Waals surface area contributed by atoms with E-state index in [0.717, 1.165) is 44.9 Å². The number of halogens is 2. The number of benzene rings is 1. The van der Waals surface area contributed by atoms with E-state index in [9.17, 15) is 14.4 Å². The highest BCUT2D eigenvalue weighted by Gasteiger charge is 2.50. The first-order valence-electron chi connectivity index (χ1n) is 17.2.